The molecule has 0 saturated heterocycles. The maximum atomic E-state index is 13.0. The van der Waals surface area contributed by atoms with Crippen molar-refractivity contribution in [3.8, 4) is 17.2 Å². The number of aryl methyl sites for hydroxylation is 1. The zero-order valence-corrected chi connectivity index (χ0v) is 19.6. The zero-order chi connectivity index (χ0) is 23.8. The van der Waals surface area contributed by atoms with Crippen LogP contribution in [0.4, 0.5) is 0 Å². The minimum absolute atomic E-state index is 0.0515. The molecule has 3 aromatic rings. The van der Waals surface area contributed by atoms with Crippen molar-refractivity contribution in [2.24, 2.45) is 0 Å². The fourth-order valence-corrected chi connectivity index (χ4v) is 4.11. The van der Waals surface area contributed by atoms with Gasteiger partial charge in [-0.1, -0.05) is 30.3 Å². The fourth-order valence-electron chi connectivity index (χ4n) is 3.04. The van der Waals surface area contributed by atoms with E-state index >= 15 is 0 Å². The third kappa shape index (κ3) is 6.26. The first-order valence-corrected chi connectivity index (χ1v) is 11.9. The van der Waals surface area contributed by atoms with Crippen molar-refractivity contribution in [1.29, 1.82) is 0 Å². The van der Waals surface area contributed by atoms with Crippen molar-refractivity contribution in [1.82, 2.24) is 0 Å². The van der Waals surface area contributed by atoms with Gasteiger partial charge in [-0.3, -0.25) is 0 Å². The largest absolute Gasteiger partial charge is 0.494 e. The van der Waals surface area contributed by atoms with Gasteiger partial charge in [0.25, 0.3) is 0 Å². The Bertz CT molecular complexity index is 1190. The highest BCUT2D eigenvalue weighted by Gasteiger charge is 2.25. The van der Waals surface area contributed by atoms with Gasteiger partial charge in [0.2, 0.25) is 0 Å². The lowest BCUT2D eigenvalue weighted by Gasteiger charge is -2.15. The molecule has 0 aliphatic carbocycles. The van der Waals surface area contributed by atoms with E-state index in [1.807, 2.05) is 37.3 Å². The van der Waals surface area contributed by atoms with Gasteiger partial charge in [-0.2, -0.15) is 8.42 Å². The molecular weight excluding hydrogens is 444 g/mol. The average Bonchev–Trinajstić information content (AvgIpc) is 2.80. The lowest BCUT2D eigenvalue weighted by molar-refractivity contribution is 0.0472. The van der Waals surface area contributed by atoms with Crippen molar-refractivity contribution in [3.05, 3.63) is 83.4 Å². The third-order valence-electron chi connectivity index (χ3n) is 4.62. The minimum atomic E-state index is -4.22. The van der Waals surface area contributed by atoms with E-state index in [-0.39, 0.29) is 35.2 Å². The predicted molar refractivity (Wildman–Crippen MR) is 123 cm³/mol. The van der Waals surface area contributed by atoms with Gasteiger partial charge in [-0.25, -0.2) is 4.79 Å². The topological polar surface area (TPSA) is 88.1 Å². The molecule has 0 fully saturated rings. The van der Waals surface area contributed by atoms with Gasteiger partial charge in [0.05, 0.1) is 18.8 Å². The van der Waals surface area contributed by atoms with Crippen LogP contribution in [0.1, 0.15) is 35.3 Å². The molecular formula is C25H26O7S. The average molecular weight is 471 g/mol. The number of benzene rings is 3. The summed E-state index contributed by atoms with van der Waals surface area (Å²) >= 11 is 0. The van der Waals surface area contributed by atoms with Crippen LogP contribution < -0.4 is 13.7 Å². The van der Waals surface area contributed by atoms with Crippen LogP contribution in [0.5, 0.6) is 17.2 Å². The highest BCUT2D eigenvalue weighted by atomic mass is 32.2. The van der Waals surface area contributed by atoms with Gasteiger partial charge in [-0.05, 0) is 62.2 Å². The number of hydrogen-bond donors (Lipinski definition) is 0. The molecule has 0 aromatic heterocycles. The molecule has 3 aromatic carbocycles. The third-order valence-corrected chi connectivity index (χ3v) is 5.89. The summed E-state index contributed by atoms with van der Waals surface area (Å²) in [6, 6.07) is 18.0. The highest BCUT2D eigenvalue weighted by molar-refractivity contribution is 7.87. The van der Waals surface area contributed by atoms with Crippen LogP contribution >= 0.6 is 0 Å². The van der Waals surface area contributed by atoms with E-state index < -0.39 is 16.1 Å². The lowest BCUT2D eigenvalue weighted by atomic mass is 10.2. The van der Waals surface area contributed by atoms with Gasteiger partial charge in [-0.15, -0.1) is 0 Å². The van der Waals surface area contributed by atoms with Crippen LogP contribution in [-0.2, 0) is 21.5 Å². The summed E-state index contributed by atoms with van der Waals surface area (Å²) in [6.45, 7) is 6.20. The summed E-state index contributed by atoms with van der Waals surface area (Å²) in [5.74, 6) is 0.140. The molecule has 0 amide bonds. The van der Waals surface area contributed by atoms with E-state index in [0.29, 0.717) is 12.4 Å². The Balaban J connectivity index is 1.76. The zero-order valence-electron chi connectivity index (χ0n) is 18.7. The molecule has 33 heavy (non-hydrogen) atoms. The summed E-state index contributed by atoms with van der Waals surface area (Å²) in [6.07, 6.45) is 0. The molecule has 7 nitrogen and oxygen atoms in total. The Morgan fingerprint density at radius 3 is 2.12 bits per heavy atom. The maximum absolute atomic E-state index is 13.0. The number of hydrogen-bond acceptors (Lipinski definition) is 7. The second-order valence-corrected chi connectivity index (χ2v) is 8.57. The monoisotopic (exact) mass is 470 g/mol. The van der Waals surface area contributed by atoms with Crippen LogP contribution in [0, 0.1) is 6.92 Å². The molecule has 0 unspecified atom stereocenters. The van der Waals surface area contributed by atoms with Crippen LogP contribution in [0.3, 0.4) is 0 Å². The SMILES string of the molecule is CCOc1cc(S(=O)(=O)Oc2ccc(C(=O)OCc3ccccc3)cc2)c(OCC)cc1C. The summed E-state index contributed by atoms with van der Waals surface area (Å²) < 4.78 is 47.6. The Morgan fingerprint density at radius 2 is 1.48 bits per heavy atom. The standard InChI is InChI=1S/C25H26O7S/c1-4-29-22-16-24(23(30-5-2)15-18(22)3)33(27,28)32-21-13-11-20(12-14-21)25(26)31-17-19-9-7-6-8-10-19/h6-16H,4-5,17H2,1-3H3. The van der Waals surface area contributed by atoms with Crippen LogP contribution in [0.25, 0.3) is 0 Å². The normalized spacial score (nSPS) is 11.0. The first kappa shape index (κ1) is 24.1. The molecule has 0 radical (unpaired) electrons. The van der Waals surface area contributed by atoms with Gasteiger partial charge < -0.3 is 18.4 Å². The summed E-state index contributed by atoms with van der Waals surface area (Å²) in [5.41, 5.74) is 1.89. The molecule has 8 heteroatoms. The molecule has 0 heterocycles. The van der Waals surface area contributed by atoms with E-state index in [0.717, 1.165) is 11.1 Å². The van der Waals surface area contributed by atoms with Crippen LogP contribution in [0.2, 0.25) is 0 Å². The van der Waals surface area contributed by atoms with Crippen molar-refractivity contribution in [2.75, 3.05) is 13.2 Å². The van der Waals surface area contributed by atoms with Gasteiger partial charge in [0, 0.05) is 6.07 Å². The van der Waals surface area contributed by atoms with Crippen LogP contribution in [-0.4, -0.2) is 27.6 Å². The maximum Gasteiger partial charge on any atom is 0.343 e. The van der Waals surface area contributed by atoms with Gasteiger partial charge >= 0.3 is 16.1 Å². The Morgan fingerprint density at radius 1 is 0.848 bits per heavy atom. The van der Waals surface area contributed by atoms with E-state index in [4.69, 9.17) is 18.4 Å². The molecule has 0 N–H and O–H groups in total. The molecule has 174 valence electrons. The second kappa shape index (κ2) is 10.9. The molecule has 0 bridgehead atoms. The Kier molecular flexibility index (Phi) is 7.95. The summed E-state index contributed by atoms with van der Waals surface area (Å²) in [7, 11) is -4.22. The smallest absolute Gasteiger partial charge is 0.343 e. The van der Waals surface area contributed by atoms with Crippen molar-refractivity contribution < 1.29 is 31.6 Å². The highest BCUT2D eigenvalue weighted by Crippen LogP contribution is 2.33. The van der Waals surface area contributed by atoms with Crippen molar-refractivity contribution in [3.63, 3.8) is 0 Å². The molecule has 0 spiro atoms. The number of carbonyl (C=O) groups excluding carboxylic acids is 1. The summed E-state index contributed by atoms with van der Waals surface area (Å²) in [5, 5.41) is 0. The van der Waals surface area contributed by atoms with Crippen LogP contribution in [0.15, 0.2) is 71.6 Å². The second-order valence-electron chi connectivity index (χ2n) is 7.05. The van der Waals surface area contributed by atoms with E-state index in [1.165, 1.54) is 30.3 Å². The molecule has 0 atom stereocenters. The fraction of sp³-hybridized carbons (Fsp3) is 0.240. The summed E-state index contributed by atoms with van der Waals surface area (Å²) in [4.78, 5) is 12.1. The first-order chi connectivity index (χ1) is 15.8. The molecule has 0 saturated carbocycles. The Hall–Kier alpha value is -3.52. The quantitative estimate of drug-likeness (QED) is 0.307. The molecule has 3 rings (SSSR count). The van der Waals surface area contributed by atoms with Gasteiger partial charge in [0.1, 0.15) is 23.9 Å². The predicted octanol–water partition coefficient (Wildman–Crippen LogP) is 4.92. The minimum Gasteiger partial charge on any atom is -0.494 e. The number of esters is 1. The van der Waals surface area contributed by atoms with Gasteiger partial charge in [0.15, 0.2) is 4.90 Å². The number of rotatable bonds is 10. The first-order valence-electron chi connectivity index (χ1n) is 10.5. The van der Waals surface area contributed by atoms with Crippen molar-refractivity contribution >= 4 is 16.1 Å². The van der Waals surface area contributed by atoms with Crippen molar-refractivity contribution in [2.45, 2.75) is 32.3 Å². The lowest BCUT2D eigenvalue weighted by Crippen LogP contribution is -2.13. The van der Waals surface area contributed by atoms with E-state index in [9.17, 15) is 13.2 Å². The molecule has 0 aliphatic rings. The van der Waals surface area contributed by atoms with E-state index in [2.05, 4.69) is 0 Å². The number of carbonyl (C=O) groups is 1. The Labute approximate surface area is 194 Å². The van der Waals surface area contributed by atoms with E-state index in [1.54, 1.807) is 19.9 Å². The number of ether oxygens (including phenoxy) is 3. The molecule has 0 aliphatic heterocycles.